The minimum Gasteiger partial charge on any atom is -0.481 e. The molecule has 17 heavy (non-hydrogen) atoms. The largest absolute Gasteiger partial charge is 0.481 e. The molecule has 2 nitrogen and oxygen atoms in total. The summed E-state index contributed by atoms with van der Waals surface area (Å²) in [7, 11) is 0. The molecule has 0 spiro atoms. The molecule has 2 heteroatoms. The fourth-order valence-electron chi connectivity index (χ4n) is 3.98. The second-order valence-corrected chi connectivity index (χ2v) is 7.00. The normalized spacial score (nSPS) is 33.8. The van der Waals surface area contributed by atoms with Gasteiger partial charge in [-0.1, -0.05) is 39.5 Å². The quantitative estimate of drug-likeness (QED) is 0.804. The van der Waals surface area contributed by atoms with Crippen LogP contribution in [0.1, 0.15) is 65.2 Å². The van der Waals surface area contributed by atoms with E-state index in [9.17, 15) is 9.90 Å². The number of hydrogen-bond acceptors (Lipinski definition) is 1. The topological polar surface area (TPSA) is 37.3 Å². The second kappa shape index (κ2) is 4.99. The van der Waals surface area contributed by atoms with Gasteiger partial charge < -0.3 is 5.11 Å². The van der Waals surface area contributed by atoms with Gasteiger partial charge in [-0.05, 0) is 42.9 Å². The number of carboxylic acids is 1. The van der Waals surface area contributed by atoms with Crippen molar-refractivity contribution in [3.8, 4) is 0 Å². The van der Waals surface area contributed by atoms with Crippen molar-refractivity contribution in [3.05, 3.63) is 0 Å². The standard InChI is InChI=1S/C15H26O2/c1-15(2)8-7-13(14(16)17)12(10-15)9-11-5-3-4-6-11/h11-13H,3-10H2,1-2H3,(H,16,17). The highest BCUT2D eigenvalue weighted by atomic mass is 16.4. The summed E-state index contributed by atoms with van der Waals surface area (Å²) in [4.78, 5) is 11.3. The Hall–Kier alpha value is -0.530. The van der Waals surface area contributed by atoms with Crippen molar-refractivity contribution in [2.75, 3.05) is 0 Å². The second-order valence-electron chi connectivity index (χ2n) is 7.00. The van der Waals surface area contributed by atoms with E-state index in [4.69, 9.17) is 0 Å². The van der Waals surface area contributed by atoms with E-state index in [2.05, 4.69) is 13.8 Å². The highest BCUT2D eigenvalue weighted by Gasteiger charge is 2.39. The number of aliphatic carboxylic acids is 1. The number of hydrogen-bond donors (Lipinski definition) is 1. The monoisotopic (exact) mass is 238 g/mol. The van der Waals surface area contributed by atoms with Gasteiger partial charge in [-0.3, -0.25) is 4.79 Å². The van der Waals surface area contributed by atoms with Gasteiger partial charge in [-0.25, -0.2) is 0 Å². The Morgan fingerprint density at radius 2 is 1.88 bits per heavy atom. The molecule has 0 aromatic heterocycles. The molecule has 98 valence electrons. The first kappa shape index (κ1) is 12.9. The molecule has 1 N–H and O–H groups in total. The smallest absolute Gasteiger partial charge is 0.306 e. The summed E-state index contributed by atoms with van der Waals surface area (Å²) in [6, 6.07) is 0. The summed E-state index contributed by atoms with van der Waals surface area (Å²) in [6.45, 7) is 4.60. The van der Waals surface area contributed by atoms with Crippen molar-refractivity contribution in [1.82, 2.24) is 0 Å². The third kappa shape index (κ3) is 3.23. The molecule has 2 rings (SSSR count). The first-order valence-electron chi connectivity index (χ1n) is 7.21. The Kier molecular flexibility index (Phi) is 3.79. The SMILES string of the molecule is CC1(C)CCC(C(=O)O)C(CC2CCCC2)C1. The average Bonchev–Trinajstić information content (AvgIpc) is 2.68. The molecule has 0 saturated heterocycles. The van der Waals surface area contributed by atoms with Crippen LogP contribution in [0.4, 0.5) is 0 Å². The third-order valence-corrected chi connectivity index (χ3v) is 4.94. The van der Waals surface area contributed by atoms with E-state index in [1.54, 1.807) is 0 Å². The van der Waals surface area contributed by atoms with Gasteiger partial charge in [0.1, 0.15) is 0 Å². The van der Waals surface area contributed by atoms with Crippen molar-refractivity contribution < 1.29 is 9.90 Å². The van der Waals surface area contributed by atoms with E-state index in [0.717, 1.165) is 25.2 Å². The molecule has 0 bridgehead atoms. The Bertz CT molecular complexity index is 277. The maximum atomic E-state index is 11.3. The maximum Gasteiger partial charge on any atom is 0.306 e. The van der Waals surface area contributed by atoms with Crippen molar-refractivity contribution in [3.63, 3.8) is 0 Å². The predicted octanol–water partition coefficient (Wildman–Crippen LogP) is 4.09. The molecule has 0 aromatic rings. The summed E-state index contributed by atoms with van der Waals surface area (Å²) in [5.74, 6) is 0.627. The highest BCUT2D eigenvalue weighted by Crippen LogP contribution is 2.46. The van der Waals surface area contributed by atoms with E-state index >= 15 is 0 Å². The third-order valence-electron chi connectivity index (χ3n) is 4.94. The number of carboxylic acid groups (broad SMARTS) is 1. The van der Waals surface area contributed by atoms with Gasteiger partial charge in [0.2, 0.25) is 0 Å². The molecule has 2 saturated carbocycles. The molecule has 2 atom stereocenters. The lowest BCUT2D eigenvalue weighted by molar-refractivity contribution is -0.146. The van der Waals surface area contributed by atoms with Crippen molar-refractivity contribution >= 4 is 5.97 Å². The van der Waals surface area contributed by atoms with E-state index in [0.29, 0.717) is 11.3 Å². The van der Waals surface area contributed by atoms with E-state index in [-0.39, 0.29) is 5.92 Å². The molecule has 0 radical (unpaired) electrons. The molecule has 0 aromatic carbocycles. The van der Waals surface area contributed by atoms with Gasteiger partial charge in [0.25, 0.3) is 0 Å². The first-order chi connectivity index (χ1) is 7.98. The molecule has 0 aliphatic heterocycles. The van der Waals surface area contributed by atoms with Crippen LogP contribution >= 0.6 is 0 Å². The number of rotatable bonds is 3. The first-order valence-corrected chi connectivity index (χ1v) is 7.21. The summed E-state index contributed by atoms with van der Waals surface area (Å²) < 4.78 is 0. The van der Waals surface area contributed by atoms with Crippen LogP contribution < -0.4 is 0 Å². The molecule has 0 amide bonds. The van der Waals surface area contributed by atoms with E-state index < -0.39 is 5.97 Å². The van der Waals surface area contributed by atoms with Gasteiger partial charge in [0.15, 0.2) is 0 Å². The summed E-state index contributed by atoms with van der Waals surface area (Å²) in [5, 5.41) is 9.35. The minimum atomic E-state index is -0.552. The molecule has 0 heterocycles. The van der Waals surface area contributed by atoms with Gasteiger partial charge in [-0.15, -0.1) is 0 Å². The Morgan fingerprint density at radius 3 is 2.47 bits per heavy atom. The molecule has 2 aliphatic carbocycles. The van der Waals surface area contributed by atoms with E-state index in [1.165, 1.54) is 32.1 Å². The zero-order valence-corrected chi connectivity index (χ0v) is 11.2. The predicted molar refractivity (Wildman–Crippen MR) is 68.8 cm³/mol. The van der Waals surface area contributed by atoms with Crippen molar-refractivity contribution in [2.45, 2.75) is 65.2 Å². The molecule has 2 fully saturated rings. The zero-order chi connectivity index (χ0) is 12.5. The molecular formula is C15H26O2. The highest BCUT2D eigenvalue weighted by molar-refractivity contribution is 5.70. The van der Waals surface area contributed by atoms with Gasteiger partial charge in [-0.2, -0.15) is 0 Å². The Labute approximate surface area is 105 Å². The molecule has 2 unspecified atom stereocenters. The lowest BCUT2D eigenvalue weighted by Crippen LogP contribution is -2.35. The van der Waals surface area contributed by atoms with Crippen molar-refractivity contribution in [1.29, 1.82) is 0 Å². The number of carbonyl (C=O) groups is 1. The maximum absolute atomic E-state index is 11.3. The lowest BCUT2D eigenvalue weighted by Gasteiger charge is -2.40. The molecular weight excluding hydrogens is 212 g/mol. The van der Waals surface area contributed by atoms with Crippen LogP contribution in [0.25, 0.3) is 0 Å². The fraction of sp³-hybridized carbons (Fsp3) is 0.933. The lowest BCUT2D eigenvalue weighted by atomic mass is 9.65. The Morgan fingerprint density at radius 1 is 1.24 bits per heavy atom. The van der Waals surface area contributed by atoms with Gasteiger partial charge in [0.05, 0.1) is 5.92 Å². The van der Waals surface area contributed by atoms with Crippen molar-refractivity contribution in [2.24, 2.45) is 23.2 Å². The Balaban J connectivity index is 1.99. The van der Waals surface area contributed by atoms with Crippen LogP contribution in [0.15, 0.2) is 0 Å². The summed E-state index contributed by atoms with van der Waals surface area (Å²) in [6.07, 6.45) is 9.63. The zero-order valence-electron chi connectivity index (χ0n) is 11.2. The van der Waals surface area contributed by atoms with Gasteiger partial charge >= 0.3 is 5.97 Å². The van der Waals surface area contributed by atoms with Crippen LogP contribution in [0.3, 0.4) is 0 Å². The van der Waals surface area contributed by atoms with Crippen LogP contribution in [0.5, 0.6) is 0 Å². The van der Waals surface area contributed by atoms with Crippen LogP contribution in [-0.2, 0) is 4.79 Å². The average molecular weight is 238 g/mol. The summed E-state index contributed by atoms with van der Waals surface area (Å²) in [5.41, 5.74) is 0.356. The summed E-state index contributed by atoms with van der Waals surface area (Å²) >= 11 is 0. The molecule has 2 aliphatic rings. The van der Waals surface area contributed by atoms with Crippen LogP contribution in [0, 0.1) is 23.2 Å². The van der Waals surface area contributed by atoms with Gasteiger partial charge in [0, 0.05) is 0 Å². The van der Waals surface area contributed by atoms with E-state index in [1.807, 2.05) is 0 Å². The fourth-order valence-corrected chi connectivity index (χ4v) is 3.98. The minimum absolute atomic E-state index is 0.0661. The van der Waals surface area contributed by atoms with Crippen LogP contribution in [0.2, 0.25) is 0 Å². The van der Waals surface area contributed by atoms with Crippen LogP contribution in [-0.4, -0.2) is 11.1 Å².